The molecule has 3 aromatic heterocycles. The van der Waals surface area contributed by atoms with E-state index in [4.69, 9.17) is 48.8 Å². The van der Waals surface area contributed by atoms with Crippen LogP contribution in [0.2, 0.25) is 0 Å². The molecule has 2 fully saturated rings. The van der Waals surface area contributed by atoms with Gasteiger partial charge in [0.2, 0.25) is 11.9 Å². The number of carbonyl (C=O) groups is 1. The van der Waals surface area contributed by atoms with Gasteiger partial charge in [0, 0.05) is 22.6 Å². The second-order valence-electron chi connectivity index (χ2n) is 17.4. The van der Waals surface area contributed by atoms with E-state index in [0.717, 1.165) is 0 Å². The number of aromatic nitrogens is 6. The smallest absolute Gasteiger partial charge is 0.497 e. The monoisotopic (exact) mass is 1080 g/mol. The van der Waals surface area contributed by atoms with Crippen LogP contribution in [0.5, 0.6) is 11.5 Å². The molecule has 1 unspecified atom stereocenters. The Morgan fingerprint density at radius 3 is 2.27 bits per heavy atom. The Labute approximate surface area is 429 Å². The lowest BCUT2D eigenvalue weighted by Crippen LogP contribution is -2.38. The molecule has 0 radical (unpaired) electrons. The van der Waals surface area contributed by atoms with Crippen LogP contribution in [0.15, 0.2) is 109 Å². The van der Waals surface area contributed by atoms with Gasteiger partial charge in [0.15, 0.2) is 35.8 Å². The second kappa shape index (κ2) is 24.0. The quantitative estimate of drug-likeness (QED) is 0.0281. The van der Waals surface area contributed by atoms with Gasteiger partial charge in [0.1, 0.15) is 41.5 Å². The van der Waals surface area contributed by atoms with Crippen LogP contribution in [0.1, 0.15) is 49.6 Å². The molecular formula is C48H52F2N9O12P2S+. The molecule has 0 spiro atoms. The number of benzene rings is 3. The van der Waals surface area contributed by atoms with Gasteiger partial charge in [0.25, 0.3) is 5.56 Å². The summed E-state index contributed by atoms with van der Waals surface area (Å²) in [5, 5.41) is 15.0. The SMILES string of the molecule is COc1ccc(C(OC[C@H]2O[C@@H](n3cnc4c(=O)[nH]c(NC(=O)C(C)C)nc43)[C@H](O[P@@](=S)(OCCC#N)OC[C@H]3C[C@@H](Nc4ccncn4)[C@H](F)[C@@H]3O[P+](=O)O)[C@@H]2F)(c2ccccc2)c2ccc(OC)cc2)cc1. The molecule has 2 aliphatic rings. The number of carbonyl (C=O) groups excluding carboxylic acids is 1. The van der Waals surface area contributed by atoms with E-state index in [1.165, 1.54) is 29.5 Å². The zero-order chi connectivity index (χ0) is 52.6. The first-order valence-corrected chi connectivity index (χ1v) is 26.8. The predicted molar refractivity (Wildman–Crippen MR) is 267 cm³/mol. The first-order valence-electron chi connectivity index (χ1n) is 23.2. The van der Waals surface area contributed by atoms with E-state index < -0.39 is 100 Å². The van der Waals surface area contributed by atoms with Crippen molar-refractivity contribution in [2.75, 3.05) is 44.7 Å². The summed E-state index contributed by atoms with van der Waals surface area (Å²) in [4.78, 5) is 55.2. The van der Waals surface area contributed by atoms with E-state index >= 15 is 8.78 Å². The van der Waals surface area contributed by atoms with Crippen molar-refractivity contribution in [3.05, 3.63) is 131 Å². The Morgan fingerprint density at radius 1 is 0.986 bits per heavy atom. The molecule has 3 aromatic carbocycles. The van der Waals surface area contributed by atoms with Crippen LogP contribution >= 0.6 is 15.0 Å². The molecule has 4 N–H and O–H groups in total. The van der Waals surface area contributed by atoms with Gasteiger partial charge in [0.05, 0.1) is 58.9 Å². The van der Waals surface area contributed by atoms with Crippen molar-refractivity contribution in [1.29, 1.82) is 5.26 Å². The van der Waals surface area contributed by atoms with E-state index in [1.54, 1.807) is 52.3 Å². The number of amides is 1. The number of nitrogens with zero attached hydrogens (tertiary/aromatic N) is 6. The highest BCUT2D eigenvalue weighted by molar-refractivity contribution is 8.07. The Hall–Kier alpha value is -6.22. The molecule has 21 nitrogen and oxygen atoms in total. The molecule has 26 heteroatoms. The van der Waals surface area contributed by atoms with Crippen molar-refractivity contribution < 1.29 is 60.1 Å². The molecule has 0 bridgehead atoms. The van der Waals surface area contributed by atoms with Gasteiger partial charge in [-0.1, -0.05) is 68.4 Å². The van der Waals surface area contributed by atoms with Gasteiger partial charge in [-0.3, -0.25) is 29.0 Å². The number of hydrogen-bond donors (Lipinski definition) is 4. The fraction of sp³-hybridized carbons (Fsp3) is 0.396. The molecular weight excluding hydrogens is 1030 g/mol. The van der Waals surface area contributed by atoms with E-state index in [1.807, 2.05) is 60.7 Å². The van der Waals surface area contributed by atoms with E-state index in [9.17, 15) is 24.3 Å². The molecule has 4 heterocycles. The highest BCUT2D eigenvalue weighted by Crippen LogP contribution is 2.56. The second-order valence-corrected chi connectivity index (χ2v) is 21.0. The molecule has 1 saturated heterocycles. The maximum Gasteiger partial charge on any atom is 0.695 e. The van der Waals surface area contributed by atoms with Gasteiger partial charge < -0.3 is 33.3 Å². The molecule has 74 heavy (non-hydrogen) atoms. The normalized spacial score (nSPS) is 22.8. The summed E-state index contributed by atoms with van der Waals surface area (Å²) in [7, 11) is -0.214. The zero-order valence-electron chi connectivity index (χ0n) is 40.2. The minimum Gasteiger partial charge on any atom is -0.497 e. The molecule has 390 valence electrons. The van der Waals surface area contributed by atoms with Crippen molar-refractivity contribution in [2.45, 2.75) is 75.2 Å². The van der Waals surface area contributed by atoms with E-state index in [0.29, 0.717) is 28.2 Å². The molecule has 1 aliphatic heterocycles. The number of hydrogen-bond acceptors (Lipinski definition) is 18. The van der Waals surface area contributed by atoms with Crippen molar-refractivity contribution in [1.82, 2.24) is 29.5 Å². The van der Waals surface area contributed by atoms with Crippen LogP contribution in [0.4, 0.5) is 20.5 Å². The summed E-state index contributed by atoms with van der Waals surface area (Å²) in [6, 6.07) is 26.1. The Bertz CT molecular complexity index is 2990. The lowest BCUT2D eigenvalue weighted by molar-refractivity contribution is -0.118. The summed E-state index contributed by atoms with van der Waals surface area (Å²) in [6.45, 7) is -2.29. The Morgan fingerprint density at radius 2 is 1.66 bits per heavy atom. The maximum absolute atomic E-state index is 18.0. The van der Waals surface area contributed by atoms with Crippen LogP contribution < -0.4 is 25.7 Å². The highest BCUT2D eigenvalue weighted by Gasteiger charge is 2.53. The number of H-pyrrole nitrogens is 1. The Kier molecular flexibility index (Phi) is 17.5. The average Bonchev–Trinajstić information content (AvgIpc) is 4.06. The number of rotatable bonds is 23. The fourth-order valence-corrected chi connectivity index (χ4v) is 11.3. The van der Waals surface area contributed by atoms with Gasteiger partial charge in [-0.25, -0.2) is 23.7 Å². The van der Waals surface area contributed by atoms with E-state index in [-0.39, 0.29) is 42.4 Å². The van der Waals surface area contributed by atoms with Crippen molar-refractivity contribution >= 4 is 55.6 Å². The number of halogens is 2. The van der Waals surface area contributed by atoms with Crippen molar-refractivity contribution in [3.63, 3.8) is 0 Å². The summed E-state index contributed by atoms with van der Waals surface area (Å²) in [5.74, 6) is -0.733. The predicted octanol–water partition coefficient (Wildman–Crippen LogP) is 7.20. The standard InChI is InChI=1S/C48H51F2N9O12P2S/c1-28(2)44(60)57-47-56-43-40(45(61)58-47)54-27-59(43)46-42(71-73(74,67-22-8-20-51)68-24-29-23-35(38(49)41(29)70-72(62)63)55-37-19-21-52-26-53-37)39(50)36(69-46)25-66-48(30-9-6-5-7-10-30,31-11-15-33(64-3)16-12-31)32-13-17-34(65-4)18-14-32/h5-7,9-19,21,26-29,35-36,38-39,41-42,46H,8,22-25H2,1-4H3,(H3-,52,53,55,56,57,58,60,61,62,63)/p+1/t29-,35-,36-,38+,39-,41-,42-,46-,73-/m1/s1. The highest BCUT2D eigenvalue weighted by atomic mass is 32.5. The van der Waals surface area contributed by atoms with Crippen LogP contribution in [0, 0.1) is 23.2 Å². The molecule has 1 amide bonds. The maximum atomic E-state index is 18.0. The third-order valence-electron chi connectivity index (χ3n) is 12.4. The molecule has 1 saturated carbocycles. The topological polar surface area (TPSA) is 265 Å². The third kappa shape index (κ3) is 12.0. The van der Waals surface area contributed by atoms with E-state index in [2.05, 4.69) is 35.6 Å². The number of aromatic amines is 1. The number of fused-ring (bicyclic) bond motifs is 1. The molecule has 1 aliphatic carbocycles. The largest absolute Gasteiger partial charge is 0.695 e. The lowest BCUT2D eigenvalue weighted by Gasteiger charge is -2.37. The number of alkyl halides is 2. The minimum atomic E-state index is -4.28. The van der Waals surface area contributed by atoms with Gasteiger partial charge >= 0.3 is 15.0 Å². The number of nitrogens with one attached hydrogen (secondary N) is 3. The number of methoxy groups -OCH3 is 2. The minimum absolute atomic E-state index is 0.0324. The van der Waals surface area contributed by atoms with Crippen LogP contribution in [0.3, 0.4) is 0 Å². The zero-order valence-corrected chi connectivity index (χ0v) is 42.8. The molecule has 8 rings (SSSR count). The lowest BCUT2D eigenvalue weighted by atomic mass is 9.80. The first kappa shape index (κ1) is 54.1. The summed E-state index contributed by atoms with van der Waals surface area (Å²) >= 11 is 5.96. The molecule has 6 aromatic rings. The average molecular weight is 1080 g/mol. The number of imidazole rings is 1. The van der Waals surface area contributed by atoms with Gasteiger partial charge in [-0.05, 0) is 65.2 Å². The number of nitriles is 1. The molecule has 10 atom stereocenters. The number of ether oxygens (including phenoxy) is 4. The first-order chi connectivity index (χ1) is 35.7. The van der Waals surface area contributed by atoms with Crippen LogP contribution in [0.25, 0.3) is 11.2 Å². The van der Waals surface area contributed by atoms with Crippen molar-refractivity contribution in [3.8, 4) is 17.6 Å². The summed E-state index contributed by atoms with van der Waals surface area (Å²) < 4.78 is 95.8. The third-order valence-corrected chi connectivity index (χ3v) is 15.2. The van der Waals surface area contributed by atoms with Crippen LogP contribution in [-0.4, -0.2) is 111 Å². The van der Waals surface area contributed by atoms with Crippen LogP contribution in [-0.2, 0) is 54.3 Å². The summed E-state index contributed by atoms with van der Waals surface area (Å²) in [6.07, 6.45) is -6.70. The Balaban J connectivity index is 1.18. The fourth-order valence-electron chi connectivity index (χ4n) is 8.71. The number of anilines is 2. The van der Waals surface area contributed by atoms with Gasteiger partial charge in [-0.15, -0.1) is 9.42 Å². The van der Waals surface area contributed by atoms with Crippen molar-refractivity contribution in [2.24, 2.45) is 11.8 Å². The summed E-state index contributed by atoms with van der Waals surface area (Å²) in [5.41, 5.74) is -0.601. The van der Waals surface area contributed by atoms with Gasteiger partial charge in [-0.2, -0.15) is 10.2 Å².